The summed E-state index contributed by atoms with van der Waals surface area (Å²) in [7, 11) is 0. The molecule has 90 valence electrons. The number of fused-ring (bicyclic) bond motifs is 1. The van der Waals surface area contributed by atoms with Crippen LogP contribution in [0.2, 0.25) is 0 Å². The van der Waals surface area contributed by atoms with Gasteiger partial charge in [0, 0.05) is 6.42 Å². The van der Waals surface area contributed by atoms with Gasteiger partial charge in [0.2, 0.25) is 0 Å². The van der Waals surface area contributed by atoms with E-state index in [1.807, 2.05) is 6.92 Å². The molecule has 3 nitrogen and oxygen atoms in total. The summed E-state index contributed by atoms with van der Waals surface area (Å²) in [6, 6.07) is 0. The average Bonchev–Trinajstić information content (AvgIpc) is 2.27. The fourth-order valence-corrected chi connectivity index (χ4v) is 4.10. The smallest absolute Gasteiger partial charge is 0.309 e. The summed E-state index contributed by atoms with van der Waals surface area (Å²) in [5.74, 6) is 0.679. The van der Waals surface area contributed by atoms with Gasteiger partial charge in [-0.05, 0) is 38.5 Å². The lowest BCUT2D eigenvalue weighted by Crippen LogP contribution is -2.47. The third-order valence-corrected chi connectivity index (χ3v) is 4.23. The molecule has 2 aliphatic heterocycles. The summed E-state index contributed by atoms with van der Waals surface area (Å²) < 4.78 is 11.5. The van der Waals surface area contributed by atoms with E-state index in [4.69, 9.17) is 9.47 Å². The molecule has 0 spiro atoms. The van der Waals surface area contributed by atoms with E-state index >= 15 is 0 Å². The second-order valence-electron chi connectivity index (χ2n) is 5.61. The second kappa shape index (κ2) is 3.64. The average molecular weight is 242 g/mol. The number of hydrogen-bond acceptors (Lipinski definition) is 4. The van der Waals surface area contributed by atoms with Gasteiger partial charge in [-0.3, -0.25) is 4.79 Å². The fraction of sp³-hybridized carbons (Fsp3) is 0.917. The molecule has 16 heavy (non-hydrogen) atoms. The van der Waals surface area contributed by atoms with Crippen LogP contribution in [0.1, 0.15) is 39.0 Å². The Bertz CT molecular complexity index is 313. The van der Waals surface area contributed by atoms with Gasteiger partial charge in [-0.25, -0.2) is 0 Å². The zero-order valence-electron chi connectivity index (χ0n) is 9.52. The summed E-state index contributed by atoms with van der Waals surface area (Å²) in [5.41, 5.74) is -0.199. The first-order valence-electron chi connectivity index (χ1n) is 6.13. The van der Waals surface area contributed by atoms with Crippen LogP contribution < -0.4 is 0 Å². The summed E-state index contributed by atoms with van der Waals surface area (Å²) in [6.45, 7) is 1.95. The number of hydrogen-bond donors (Lipinski definition) is 1. The van der Waals surface area contributed by atoms with Gasteiger partial charge in [-0.1, -0.05) is 0 Å². The van der Waals surface area contributed by atoms with Crippen molar-refractivity contribution < 1.29 is 14.3 Å². The molecule has 2 aliphatic carbocycles. The maximum atomic E-state index is 11.8. The van der Waals surface area contributed by atoms with Crippen molar-refractivity contribution in [1.82, 2.24) is 0 Å². The van der Waals surface area contributed by atoms with E-state index in [2.05, 4.69) is 12.6 Å². The first kappa shape index (κ1) is 10.9. The third kappa shape index (κ3) is 1.76. The summed E-state index contributed by atoms with van der Waals surface area (Å²) in [4.78, 5) is 11.8. The maximum absolute atomic E-state index is 11.8. The van der Waals surface area contributed by atoms with Gasteiger partial charge in [0.25, 0.3) is 0 Å². The molecule has 4 aliphatic rings. The quantitative estimate of drug-likeness (QED) is 0.458. The van der Waals surface area contributed by atoms with Crippen LogP contribution in [-0.2, 0) is 14.3 Å². The van der Waals surface area contributed by atoms with E-state index in [1.165, 1.54) is 0 Å². The van der Waals surface area contributed by atoms with Gasteiger partial charge in [0.1, 0.15) is 6.10 Å². The number of thiol groups is 1. The van der Waals surface area contributed by atoms with Crippen LogP contribution >= 0.6 is 12.6 Å². The molecular formula is C12H18O3S. The lowest BCUT2D eigenvalue weighted by atomic mass is 9.65. The van der Waals surface area contributed by atoms with Crippen LogP contribution in [0.4, 0.5) is 0 Å². The van der Waals surface area contributed by atoms with E-state index < -0.39 is 0 Å². The van der Waals surface area contributed by atoms with Crippen molar-refractivity contribution >= 4 is 18.6 Å². The highest BCUT2D eigenvalue weighted by Crippen LogP contribution is 2.51. The minimum absolute atomic E-state index is 0.00416. The lowest BCUT2D eigenvalue weighted by Gasteiger charge is -2.46. The summed E-state index contributed by atoms with van der Waals surface area (Å²) in [6.07, 6.45) is 4.92. The second-order valence-corrected chi connectivity index (χ2v) is 6.33. The highest BCUT2D eigenvalue weighted by Gasteiger charge is 2.53. The Hall–Kier alpha value is -0.220. The van der Waals surface area contributed by atoms with Gasteiger partial charge >= 0.3 is 5.97 Å². The molecule has 4 heteroatoms. The Morgan fingerprint density at radius 1 is 1.44 bits per heavy atom. The van der Waals surface area contributed by atoms with E-state index in [0.29, 0.717) is 5.92 Å². The van der Waals surface area contributed by atoms with Crippen molar-refractivity contribution in [3.63, 3.8) is 0 Å². The van der Waals surface area contributed by atoms with E-state index in [9.17, 15) is 4.79 Å². The molecule has 0 aromatic carbocycles. The fourth-order valence-electron chi connectivity index (χ4n) is 3.88. The molecule has 0 aromatic heterocycles. The Labute approximate surface area is 101 Å². The molecule has 2 heterocycles. The predicted octanol–water partition coefficient (Wildman–Crippen LogP) is 2.15. The van der Waals surface area contributed by atoms with Gasteiger partial charge < -0.3 is 9.47 Å². The van der Waals surface area contributed by atoms with E-state index in [0.717, 1.165) is 32.1 Å². The molecule has 4 fully saturated rings. The number of rotatable bonds is 2. The molecule has 0 amide bonds. The van der Waals surface area contributed by atoms with Crippen LogP contribution in [0.5, 0.6) is 0 Å². The Morgan fingerprint density at radius 2 is 2.25 bits per heavy atom. The molecule has 4 bridgehead atoms. The molecule has 0 aromatic rings. The number of carbonyl (C=O) groups is 1. The number of esters is 1. The SMILES string of the molecule is CC(S)OC12CC3CC(C1)OC(=O)C(C3)C2. The van der Waals surface area contributed by atoms with Crippen molar-refractivity contribution in [2.75, 3.05) is 0 Å². The first-order chi connectivity index (χ1) is 7.56. The Morgan fingerprint density at radius 3 is 3.00 bits per heavy atom. The molecule has 0 N–H and O–H groups in total. The number of ether oxygens (including phenoxy) is 2. The summed E-state index contributed by atoms with van der Waals surface area (Å²) in [5, 5.41) is 0. The van der Waals surface area contributed by atoms with Crippen molar-refractivity contribution in [3.8, 4) is 0 Å². The van der Waals surface area contributed by atoms with Crippen molar-refractivity contribution in [3.05, 3.63) is 0 Å². The molecular weight excluding hydrogens is 224 g/mol. The molecule has 0 radical (unpaired) electrons. The first-order valence-corrected chi connectivity index (χ1v) is 6.64. The monoisotopic (exact) mass is 242 g/mol. The molecule has 2 saturated carbocycles. The van der Waals surface area contributed by atoms with Crippen molar-refractivity contribution in [2.45, 2.75) is 56.2 Å². The van der Waals surface area contributed by atoms with Gasteiger partial charge in [-0.2, -0.15) is 0 Å². The zero-order chi connectivity index (χ0) is 11.3. The van der Waals surface area contributed by atoms with Crippen LogP contribution in [0.25, 0.3) is 0 Å². The Balaban J connectivity index is 1.89. The van der Waals surface area contributed by atoms with E-state index in [1.54, 1.807) is 0 Å². The topological polar surface area (TPSA) is 35.5 Å². The lowest BCUT2D eigenvalue weighted by molar-refractivity contribution is -0.151. The number of carbonyl (C=O) groups excluding carboxylic acids is 1. The largest absolute Gasteiger partial charge is 0.462 e. The molecule has 5 atom stereocenters. The molecule has 5 unspecified atom stereocenters. The summed E-state index contributed by atoms with van der Waals surface area (Å²) >= 11 is 4.32. The van der Waals surface area contributed by atoms with E-state index in [-0.39, 0.29) is 29.0 Å². The highest BCUT2D eigenvalue weighted by molar-refractivity contribution is 7.80. The molecule has 2 saturated heterocycles. The van der Waals surface area contributed by atoms with Gasteiger partial charge in [0.15, 0.2) is 0 Å². The third-order valence-electron chi connectivity index (χ3n) is 4.13. The predicted molar refractivity (Wildman–Crippen MR) is 62.2 cm³/mol. The van der Waals surface area contributed by atoms with Crippen LogP contribution in [0.3, 0.4) is 0 Å². The van der Waals surface area contributed by atoms with Gasteiger partial charge in [0.05, 0.1) is 17.0 Å². The van der Waals surface area contributed by atoms with Crippen LogP contribution in [-0.4, -0.2) is 23.1 Å². The van der Waals surface area contributed by atoms with Crippen molar-refractivity contribution in [2.24, 2.45) is 11.8 Å². The van der Waals surface area contributed by atoms with Crippen LogP contribution in [0, 0.1) is 11.8 Å². The van der Waals surface area contributed by atoms with Crippen molar-refractivity contribution in [1.29, 1.82) is 0 Å². The molecule has 4 rings (SSSR count). The van der Waals surface area contributed by atoms with Crippen LogP contribution in [0.15, 0.2) is 0 Å². The minimum atomic E-state index is -0.135. The Kier molecular flexibility index (Phi) is 2.48. The standard InChI is InChI=1S/C12H18O3S/c1-7(16)15-12-4-8-2-9(5-12)11(13)14-10(3-8)6-12/h7-10,16H,2-6H2,1H3. The minimum Gasteiger partial charge on any atom is -0.462 e. The maximum Gasteiger partial charge on any atom is 0.309 e. The normalized spacial score (nSPS) is 47.6. The highest BCUT2D eigenvalue weighted by atomic mass is 32.1. The van der Waals surface area contributed by atoms with Gasteiger partial charge in [-0.15, -0.1) is 12.6 Å². The zero-order valence-corrected chi connectivity index (χ0v) is 10.4.